The highest BCUT2D eigenvalue weighted by molar-refractivity contribution is 7.93. The molecule has 4 unspecified atom stereocenters. The molecule has 0 aromatic heterocycles. The van der Waals surface area contributed by atoms with E-state index < -0.39 is 43.2 Å². The Balaban J connectivity index is 2.05. The molecule has 2 aliphatic rings. The molecule has 9 nitrogen and oxygen atoms in total. The third-order valence-electron chi connectivity index (χ3n) is 5.04. The lowest BCUT2D eigenvalue weighted by molar-refractivity contribution is -0.127. The molecular weight excluding hydrogens is 406 g/mol. The van der Waals surface area contributed by atoms with Crippen LogP contribution in [0.4, 0.5) is 0 Å². The van der Waals surface area contributed by atoms with Gasteiger partial charge in [-0.15, -0.1) is 0 Å². The molecule has 12 heteroatoms. The van der Waals surface area contributed by atoms with E-state index in [1.54, 1.807) is 6.26 Å². The molecule has 4 atom stereocenters. The van der Waals surface area contributed by atoms with Crippen molar-refractivity contribution in [3.05, 3.63) is 0 Å². The van der Waals surface area contributed by atoms with E-state index >= 15 is 0 Å². The van der Waals surface area contributed by atoms with Gasteiger partial charge in [0.25, 0.3) is 20.2 Å². The number of rotatable bonds is 6. The summed E-state index contributed by atoms with van der Waals surface area (Å²) in [5, 5.41) is 0.0223. The molecule has 2 fully saturated rings. The maximum Gasteiger partial charge on any atom is 0.267 e. The highest BCUT2D eigenvalue weighted by atomic mass is 32.2. The summed E-state index contributed by atoms with van der Waals surface area (Å²) in [6.07, 6.45) is 4.12. The van der Waals surface area contributed by atoms with Crippen molar-refractivity contribution in [2.24, 2.45) is 5.92 Å². The van der Waals surface area contributed by atoms with Gasteiger partial charge in [0, 0.05) is 18.2 Å². The van der Waals surface area contributed by atoms with E-state index in [1.807, 2.05) is 0 Å². The van der Waals surface area contributed by atoms with Gasteiger partial charge in [-0.3, -0.25) is 13.9 Å². The van der Waals surface area contributed by atoms with Crippen LogP contribution >= 0.6 is 12.0 Å². The maximum atomic E-state index is 12.5. The molecule has 2 saturated carbocycles. The lowest BCUT2D eigenvalue weighted by atomic mass is 9.86. The zero-order valence-electron chi connectivity index (χ0n) is 14.4. The van der Waals surface area contributed by atoms with Crippen molar-refractivity contribution in [3.63, 3.8) is 0 Å². The van der Waals surface area contributed by atoms with Crippen molar-refractivity contribution in [2.75, 3.05) is 6.26 Å². The average molecular weight is 432 g/mol. The number of hydrogen-bond donors (Lipinski definition) is 3. The van der Waals surface area contributed by atoms with Gasteiger partial charge in [-0.1, -0.05) is 6.42 Å². The second kappa shape index (κ2) is 8.74. The second-order valence-electron chi connectivity index (χ2n) is 6.94. The first-order valence-electron chi connectivity index (χ1n) is 8.43. The zero-order valence-corrected chi connectivity index (χ0v) is 16.9. The van der Waals surface area contributed by atoms with Crippen molar-refractivity contribution in [2.45, 2.75) is 67.6 Å². The summed E-state index contributed by atoms with van der Waals surface area (Å²) in [4.78, 5) is 12.5. The Bertz CT molecular complexity index is 666. The van der Waals surface area contributed by atoms with E-state index in [-0.39, 0.29) is 30.8 Å². The van der Waals surface area contributed by atoms with Crippen molar-refractivity contribution < 1.29 is 34.9 Å². The Morgan fingerprint density at radius 1 is 1.00 bits per heavy atom. The van der Waals surface area contributed by atoms with Crippen LogP contribution in [-0.4, -0.2) is 60.7 Å². The van der Waals surface area contributed by atoms with Gasteiger partial charge in [-0.2, -0.15) is 16.8 Å². The fourth-order valence-electron chi connectivity index (χ4n) is 3.75. The molecule has 0 saturated heterocycles. The standard InChI is InChI=1S/C14H25NO8S3/c1-24-23-11-4-2-3-9(5-11)14(16)15-10-6-12(25(17,18)19)8-13(7-10)26(20,21)22/h9-13H,2-8H2,1H3,(H,15,16)(H,17,18,19)(H,20,21,22). The van der Waals surface area contributed by atoms with Crippen LogP contribution in [0.5, 0.6) is 0 Å². The third kappa shape index (κ3) is 6.06. The molecule has 0 aromatic rings. The molecule has 0 heterocycles. The van der Waals surface area contributed by atoms with Gasteiger partial charge < -0.3 is 9.50 Å². The molecule has 1 amide bonds. The average Bonchev–Trinajstić information content (AvgIpc) is 2.53. The van der Waals surface area contributed by atoms with Gasteiger partial charge in [-0.05, 0) is 50.6 Å². The number of nitrogens with one attached hydrogen (secondary N) is 1. The molecule has 0 spiro atoms. The lowest BCUT2D eigenvalue weighted by Crippen LogP contribution is -2.49. The fourth-order valence-corrected chi connectivity index (χ4v) is 6.22. The molecule has 152 valence electrons. The van der Waals surface area contributed by atoms with Crippen LogP contribution in [0.1, 0.15) is 44.9 Å². The third-order valence-corrected chi connectivity index (χ3v) is 7.96. The van der Waals surface area contributed by atoms with E-state index in [4.69, 9.17) is 4.18 Å². The van der Waals surface area contributed by atoms with Gasteiger partial charge in [-0.25, -0.2) is 0 Å². The maximum absolute atomic E-state index is 12.5. The predicted molar refractivity (Wildman–Crippen MR) is 96.8 cm³/mol. The smallest absolute Gasteiger partial charge is 0.267 e. The summed E-state index contributed by atoms with van der Waals surface area (Å²) >= 11 is 1.24. The Hall–Kier alpha value is -0.400. The summed E-state index contributed by atoms with van der Waals surface area (Å²) in [6, 6.07) is -0.753. The fraction of sp³-hybridized carbons (Fsp3) is 0.929. The van der Waals surface area contributed by atoms with E-state index in [0.717, 1.165) is 12.8 Å². The van der Waals surface area contributed by atoms with Crippen LogP contribution in [0, 0.1) is 5.92 Å². The summed E-state index contributed by atoms with van der Waals surface area (Å²) in [5.41, 5.74) is 0. The molecule has 0 radical (unpaired) electrons. The molecule has 2 aliphatic carbocycles. The van der Waals surface area contributed by atoms with Gasteiger partial charge in [0.2, 0.25) is 5.91 Å². The highest BCUT2D eigenvalue weighted by Gasteiger charge is 2.41. The molecular formula is C14H25NO8S3. The van der Waals surface area contributed by atoms with Crippen LogP contribution in [-0.2, 0) is 29.2 Å². The van der Waals surface area contributed by atoms with Gasteiger partial charge >= 0.3 is 0 Å². The topological polar surface area (TPSA) is 147 Å². The number of hydrogen-bond acceptors (Lipinski definition) is 7. The Morgan fingerprint density at radius 3 is 2.08 bits per heavy atom. The first-order chi connectivity index (χ1) is 12.0. The largest absolute Gasteiger partial charge is 0.353 e. The summed E-state index contributed by atoms with van der Waals surface area (Å²) in [7, 11) is -8.96. The highest BCUT2D eigenvalue weighted by Crippen LogP contribution is 2.31. The molecule has 0 bridgehead atoms. The lowest BCUT2D eigenvalue weighted by Gasteiger charge is -2.34. The molecule has 26 heavy (non-hydrogen) atoms. The van der Waals surface area contributed by atoms with E-state index in [9.17, 15) is 30.7 Å². The SMILES string of the molecule is CSOC1CCCC(C(=O)NC2CC(S(=O)(=O)O)CC(S(=O)(=O)O)C2)C1. The van der Waals surface area contributed by atoms with Crippen LogP contribution in [0.25, 0.3) is 0 Å². The van der Waals surface area contributed by atoms with Gasteiger partial charge in [0.15, 0.2) is 0 Å². The van der Waals surface area contributed by atoms with E-state index in [0.29, 0.717) is 12.8 Å². The number of carbonyl (C=O) groups excluding carboxylic acids is 1. The minimum Gasteiger partial charge on any atom is -0.353 e. The predicted octanol–water partition coefficient (Wildman–Crippen LogP) is 1.02. The molecule has 3 N–H and O–H groups in total. The molecule has 2 rings (SSSR count). The van der Waals surface area contributed by atoms with Crippen LogP contribution in [0.3, 0.4) is 0 Å². The first-order valence-corrected chi connectivity index (χ1v) is 12.6. The zero-order chi connectivity index (χ0) is 19.5. The van der Waals surface area contributed by atoms with Crippen molar-refractivity contribution >= 4 is 38.2 Å². The molecule has 0 aliphatic heterocycles. The minimum atomic E-state index is -4.48. The van der Waals surface area contributed by atoms with Gasteiger partial charge in [0.05, 0.1) is 16.6 Å². The Labute approximate surface area is 158 Å². The van der Waals surface area contributed by atoms with Crippen molar-refractivity contribution in [3.8, 4) is 0 Å². The minimum absolute atomic E-state index is 0.0306. The Morgan fingerprint density at radius 2 is 1.58 bits per heavy atom. The van der Waals surface area contributed by atoms with E-state index in [1.165, 1.54) is 12.0 Å². The number of amides is 1. The summed E-state index contributed by atoms with van der Waals surface area (Å²) in [5.74, 6) is -0.578. The van der Waals surface area contributed by atoms with Crippen molar-refractivity contribution in [1.82, 2.24) is 5.32 Å². The van der Waals surface area contributed by atoms with Crippen LogP contribution in [0.15, 0.2) is 0 Å². The first kappa shape index (κ1) is 21.9. The summed E-state index contributed by atoms with van der Waals surface area (Å²) in [6.45, 7) is 0. The molecule has 0 aromatic carbocycles. The monoisotopic (exact) mass is 431 g/mol. The number of carbonyl (C=O) groups is 1. The quantitative estimate of drug-likeness (QED) is 0.414. The van der Waals surface area contributed by atoms with Crippen molar-refractivity contribution in [1.29, 1.82) is 0 Å². The normalized spacial score (nSPS) is 33.6. The van der Waals surface area contributed by atoms with Crippen LogP contribution in [0.2, 0.25) is 0 Å². The van der Waals surface area contributed by atoms with Crippen LogP contribution < -0.4 is 5.32 Å². The van der Waals surface area contributed by atoms with Gasteiger partial charge in [0.1, 0.15) is 0 Å². The second-order valence-corrected chi connectivity index (χ2v) is 10.9. The summed E-state index contributed by atoms with van der Waals surface area (Å²) < 4.78 is 69.9. The Kier molecular flexibility index (Phi) is 7.36. The van der Waals surface area contributed by atoms with E-state index in [2.05, 4.69) is 5.32 Å².